The van der Waals surface area contributed by atoms with Gasteiger partial charge in [0.2, 0.25) is 0 Å². The van der Waals surface area contributed by atoms with Gasteiger partial charge in [0.1, 0.15) is 5.82 Å². The number of amides is 2. The minimum absolute atomic E-state index is 0.0444. The Bertz CT molecular complexity index is 805. The van der Waals surface area contributed by atoms with E-state index in [1.54, 1.807) is 23.8 Å². The first kappa shape index (κ1) is 19.0. The summed E-state index contributed by atoms with van der Waals surface area (Å²) >= 11 is 0. The van der Waals surface area contributed by atoms with Gasteiger partial charge < -0.3 is 20.1 Å². The molecule has 27 heavy (non-hydrogen) atoms. The standard InChI is InChI=1S/C19H27N5O3/c1-13-9-18(21-19(25)23-8-4-5-15(20)12-23)24(22-13)11-14-6-7-16(26-2)17(10-14)27-3/h6-7,9-10,15H,4-5,8,11-12,20H2,1-3H3,(H,21,25)/t15-/m1/s1. The average Bonchev–Trinajstić information content (AvgIpc) is 3.00. The molecule has 1 aliphatic rings. The van der Waals surface area contributed by atoms with E-state index in [4.69, 9.17) is 15.2 Å². The van der Waals surface area contributed by atoms with Gasteiger partial charge in [-0.3, -0.25) is 5.32 Å². The number of hydrogen-bond donors (Lipinski definition) is 2. The predicted molar refractivity (Wildman–Crippen MR) is 103 cm³/mol. The third-order valence-electron chi connectivity index (χ3n) is 4.66. The van der Waals surface area contributed by atoms with Crippen molar-refractivity contribution >= 4 is 11.8 Å². The second-order valence-corrected chi connectivity index (χ2v) is 6.80. The maximum absolute atomic E-state index is 12.6. The van der Waals surface area contributed by atoms with Crippen molar-refractivity contribution in [3.63, 3.8) is 0 Å². The fourth-order valence-corrected chi connectivity index (χ4v) is 3.30. The summed E-state index contributed by atoms with van der Waals surface area (Å²) in [6.07, 6.45) is 1.89. The highest BCUT2D eigenvalue weighted by Crippen LogP contribution is 2.28. The monoisotopic (exact) mass is 373 g/mol. The maximum atomic E-state index is 12.6. The Morgan fingerprint density at radius 3 is 2.78 bits per heavy atom. The number of methoxy groups -OCH3 is 2. The Morgan fingerprint density at radius 2 is 2.07 bits per heavy atom. The van der Waals surface area contributed by atoms with Gasteiger partial charge in [-0.05, 0) is 37.5 Å². The molecule has 0 aliphatic carbocycles. The third kappa shape index (κ3) is 4.51. The zero-order valence-corrected chi connectivity index (χ0v) is 16.1. The molecule has 1 fully saturated rings. The number of aromatic nitrogens is 2. The molecule has 3 N–H and O–H groups in total. The highest BCUT2D eigenvalue weighted by atomic mass is 16.5. The Kier molecular flexibility index (Phi) is 5.85. The molecule has 0 saturated carbocycles. The van der Waals surface area contributed by atoms with Crippen LogP contribution in [0, 0.1) is 6.92 Å². The van der Waals surface area contributed by atoms with Crippen LogP contribution in [0.4, 0.5) is 10.6 Å². The largest absolute Gasteiger partial charge is 0.493 e. The van der Waals surface area contributed by atoms with E-state index in [0.29, 0.717) is 30.4 Å². The number of aryl methyl sites for hydroxylation is 1. The van der Waals surface area contributed by atoms with Crippen LogP contribution in [0.5, 0.6) is 11.5 Å². The number of likely N-dealkylation sites (tertiary alicyclic amines) is 1. The molecule has 1 atom stereocenters. The van der Waals surface area contributed by atoms with Crippen LogP contribution in [0.1, 0.15) is 24.1 Å². The molecule has 1 aliphatic heterocycles. The molecule has 2 amide bonds. The second kappa shape index (κ2) is 8.30. The number of nitrogens with two attached hydrogens (primary N) is 1. The van der Waals surface area contributed by atoms with Crippen molar-refractivity contribution < 1.29 is 14.3 Å². The topological polar surface area (TPSA) is 94.6 Å². The number of nitrogens with zero attached hydrogens (tertiary/aromatic N) is 3. The van der Waals surface area contributed by atoms with Crippen molar-refractivity contribution in [3.8, 4) is 11.5 Å². The lowest BCUT2D eigenvalue weighted by atomic mass is 10.1. The minimum Gasteiger partial charge on any atom is -0.493 e. The van der Waals surface area contributed by atoms with Crippen molar-refractivity contribution in [1.82, 2.24) is 14.7 Å². The first-order valence-electron chi connectivity index (χ1n) is 9.07. The molecule has 146 valence electrons. The van der Waals surface area contributed by atoms with Gasteiger partial charge in [0.25, 0.3) is 0 Å². The molecule has 0 spiro atoms. The number of piperidine rings is 1. The Hall–Kier alpha value is -2.74. The quantitative estimate of drug-likeness (QED) is 0.838. The number of nitrogens with one attached hydrogen (secondary N) is 1. The van der Waals surface area contributed by atoms with Crippen molar-refractivity contribution in [2.75, 3.05) is 32.6 Å². The lowest BCUT2D eigenvalue weighted by molar-refractivity contribution is 0.193. The van der Waals surface area contributed by atoms with Crippen LogP contribution in [0.15, 0.2) is 24.3 Å². The van der Waals surface area contributed by atoms with Gasteiger partial charge in [-0.1, -0.05) is 6.07 Å². The van der Waals surface area contributed by atoms with Crippen LogP contribution < -0.4 is 20.5 Å². The van der Waals surface area contributed by atoms with Crippen LogP contribution in [-0.4, -0.2) is 54.1 Å². The molecule has 1 aromatic heterocycles. The van der Waals surface area contributed by atoms with Crippen LogP contribution in [0.25, 0.3) is 0 Å². The molecule has 0 radical (unpaired) electrons. The molecule has 2 aromatic rings. The van der Waals surface area contributed by atoms with E-state index in [1.165, 1.54) is 0 Å². The van der Waals surface area contributed by atoms with Crippen molar-refractivity contribution in [2.24, 2.45) is 5.73 Å². The molecule has 3 rings (SSSR count). The number of carbonyl (C=O) groups excluding carboxylic acids is 1. The van der Waals surface area contributed by atoms with Gasteiger partial charge in [0.05, 0.1) is 26.5 Å². The highest BCUT2D eigenvalue weighted by Gasteiger charge is 2.22. The van der Waals surface area contributed by atoms with E-state index in [0.717, 1.165) is 30.6 Å². The molecule has 2 heterocycles. The summed E-state index contributed by atoms with van der Waals surface area (Å²) in [6, 6.07) is 7.49. The number of rotatable bonds is 5. The summed E-state index contributed by atoms with van der Waals surface area (Å²) in [4.78, 5) is 14.4. The summed E-state index contributed by atoms with van der Waals surface area (Å²) in [5.41, 5.74) is 7.81. The van der Waals surface area contributed by atoms with E-state index in [9.17, 15) is 4.79 Å². The van der Waals surface area contributed by atoms with Crippen LogP contribution in [-0.2, 0) is 6.54 Å². The molecule has 1 saturated heterocycles. The van der Waals surface area contributed by atoms with Gasteiger partial charge in [0.15, 0.2) is 11.5 Å². The number of urea groups is 1. The zero-order valence-electron chi connectivity index (χ0n) is 16.1. The Labute approximate surface area is 159 Å². The summed E-state index contributed by atoms with van der Waals surface area (Å²) in [5, 5.41) is 7.47. The lowest BCUT2D eigenvalue weighted by Gasteiger charge is -2.30. The van der Waals surface area contributed by atoms with Crippen molar-refractivity contribution in [2.45, 2.75) is 32.4 Å². The number of ether oxygens (including phenoxy) is 2. The first-order valence-corrected chi connectivity index (χ1v) is 9.07. The summed E-state index contributed by atoms with van der Waals surface area (Å²) in [7, 11) is 3.21. The van der Waals surface area contributed by atoms with E-state index in [1.807, 2.05) is 31.2 Å². The smallest absolute Gasteiger partial charge is 0.323 e. The predicted octanol–water partition coefficient (Wildman–Crippen LogP) is 2.21. The van der Waals surface area contributed by atoms with Crippen LogP contribution in [0.2, 0.25) is 0 Å². The molecule has 1 aromatic carbocycles. The van der Waals surface area contributed by atoms with E-state index in [-0.39, 0.29) is 12.1 Å². The normalized spacial score (nSPS) is 16.9. The molecule has 0 unspecified atom stereocenters. The molecular weight excluding hydrogens is 346 g/mol. The minimum atomic E-state index is -0.140. The number of benzene rings is 1. The van der Waals surface area contributed by atoms with Crippen LogP contribution >= 0.6 is 0 Å². The summed E-state index contributed by atoms with van der Waals surface area (Å²) < 4.78 is 12.4. The fraction of sp³-hybridized carbons (Fsp3) is 0.474. The second-order valence-electron chi connectivity index (χ2n) is 6.80. The van der Waals surface area contributed by atoms with Gasteiger partial charge >= 0.3 is 6.03 Å². The third-order valence-corrected chi connectivity index (χ3v) is 4.66. The molecule has 0 bridgehead atoms. The van der Waals surface area contributed by atoms with E-state index >= 15 is 0 Å². The SMILES string of the molecule is COc1ccc(Cn2nc(C)cc2NC(=O)N2CCC[C@@H](N)C2)cc1OC. The zero-order chi connectivity index (χ0) is 19.4. The van der Waals surface area contributed by atoms with Gasteiger partial charge in [0, 0.05) is 25.2 Å². The van der Waals surface area contributed by atoms with E-state index < -0.39 is 0 Å². The first-order chi connectivity index (χ1) is 13.0. The molecule has 8 heteroatoms. The molecular formula is C19H27N5O3. The van der Waals surface area contributed by atoms with E-state index in [2.05, 4.69) is 10.4 Å². The van der Waals surface area contributed by atoms with Gasteiger partial charge in [-0.25, -0.2) is 9.48 Å². The van der Waals surface area contributed by atoms with Crippen LogP contribution in [0.3, 0.4) is 0 Å². The summed E-state index contributed by atoms with van der Waals surface area (Å²) in [6.45, 7) is 3.71. The molecule has 8 nitrogen and oxygen atoms in total. The average molecular weight is 373 g/mol. The number of anilines is 1. The highest BCUT2D eigenvalue weighted by molar-refractivity contribution is 5.88. The van der Waals surface area contributed by atoms with Gasteiger partial charge in [-0.2, -0.15) is 5.10 Å². The maximum Gasteiger partial charge on any atom is 0.323 e. The Morgan fingerprint density at radius 1 is 1.30 bits per heavy atom. The Balaban J connectivity index is 1.75. The lowest BCUT2D eigenvalue weighted by Crippen LogP contribution is -2.47. The number of carbonyl (C=O) groups is 1. The fourth-order valence-electron chi connectivity index (χ4n) is 3.30. The summed E-state index contributed by atoms with van der Waals surface area (Å²) in [5.74, 6) is 1.99. The van der Waals surface area contributed by atoms with Crippen molar-refractivity contribution in [3.05, 3.63) is 35.5 Å². The van der Waals surface area contributed by atoms with Gasteiger partial charge in [-0.15, -0.1) is 0 Å². The van der Waals surface area contributed by atoms with Crippen molar-refractivity contribution in [1.29, 1.82) is 0 Å². The number of hydrogen-bond acceptors (Lipinski definition) is 5.